The van der Waals surface area contributed by atoms with Crippen molar-refractivity contribution < 1.29 is 57.2 Å². The molecule has 2 rings (SSSR count). The van der Waals surface area contributed by atoms with Gasteiger partial charge in [0.1, 0.15) is 13.2 Å². The van der Waals surface area contributed by atoms with E-state index < -0.39 is 17.8 Å². The number of Topliss-reactive ketones (excluding diaryl/α,β-unsaturated/α-hetero) is 2. The third kappa shape index (κ3) is 26.5. The molecule has 0 spiro atoms. The highest BCUT2D eigenvalue weighted by Crippen LogP contribution is 2.16. The van der Waals surface area contributed by atoms with Gasteiger partial charge in [-0.15, -0.1) is 0 Å². The number of benzene rings is 2. The molecule has 318 valence electrons. The fourth-order valence-corrected chi connectivity index (χ4v) is 5.66. The Hall–Kier alpha value is -4.05. The first-order chi connectivity index (χ1) is 27.8. The number of ketones is 2. The number of aryl methyl sites for hydroxylation is 2. The minimum absolute atomic E-state index is 0.0149. The Morgan fingerprint density at radius 3 is 1.77 bits per heavy atom. The number of hydrogen-bond donors (Lipinski definition) is 2. The summed E-state index contributed by atoms with van der Waals surface area (Å²) in [7, 11) is 3.17. The van der Waals surface area contributed by atoms with Gasteiger partial charge in [-0.1, -0.05) is 67.4 Å². The molecule has 0 unspecified atom stereocenters. The van der Waals surface area contributed by atoms with E-state index in [-0.39, 0.29) is 63.1 Å². The van der Waals surface area contributed by atoms with Crippen LogP contribution in [-0.2, 0) is 76.5 Å². The van der Waals surface area contributed by atoms with Crippen LogP contribution in [0.3, 0.4) is 0 Å². The minimum Gasteiger partial charge on any atom is -0.382 e. The molecule has 2 N–H and O–H groups in total. The van der Waals surface area contributed by atoms with Crippen molar-refractivity contribution in [3.8, 4) is 0 Å². The molecule has 0 aliphatic heterocycles. The van der Waals surface area contributed by atoms with Crippen LogP contribution < -0.4 is 10.8 Å². The van der Waals surface area contributed by atoms with Gasteiger partial charge in [-0.05, 0) is 55.2 Å². The second-order valence-electron chi connectivity index (χ2n) is 13.6. The Labute approximate surface area is 337 Å². The van der Waals surface area contributed by atoms with Crippen LogP contribution in [-0.4, -0.2) is 116 Å². The molecular weight excluding hydrogens is 736 g/mol. The van der Waals surface area contributed by atoms with Gasteiger partial charge in [-0.2, -0.15) is 5.48 Å². The van der Waals surface area contributed by atoms with Crippen molar-refractivity contribution in [3.05, 3.63) is 71.3 Å². The highest BCUT2D eigenvalue weighted by atomic mass is 16.7. The Kier molecular flexibility index (Phi) is 28.4. The van der Waals surface area contributed by atoms with E-state index in [0.717, 1.165) is 31.2 Å². The van der Waals surface area contributed by atoms with Crippen molar-refractivity contribution in [2.75, 3.05) is 86.8 Å². The Morgan fingerprint density at radius 2 is 1.14 bits per heavy atom. The molecule has 0 radical (unpaired) electrons. The summed E-state index contributed by atoms with van der Waals surface area (Å²) in [6.45, 7) is 2.91. The molecule has 0 aliphatic rings. The number of hydrogen-bond acceptors (Lipinski definition) is 12. The van der Waals surface area contributed by atoms with Gasteiger partial charge in [-0.25, -0.2) is 4.79 Å². The lowest BCUT2D eigenvalue weighted by atomic mass is 9.94. The summed E-state index contributed by atoms with van der Waals surface area (Å²) in [5.74, 6) is -2.45. The SMILES string of the molecule is COCCOCCOCC(=O)CCCCC[C@H](CC(=O)COCCOCCOC)C(=O)NCCC(=O)ONC(=O)Cc1ccc(CCCCc2ccccc2)cc1. The number of hydroxylamine groups is 1. The zero-order valence-corrected chi connectivity index (χ0v) is 33.9. The van der Waals surface area contributed by atoms with E-state index in [1.165, 1.54) is 11.1 Å². The van der Waals surface area contributed by atoms with Crippen LogP contribution in [0, 0.1) is 5.92 Å². The standard InChI is InChI=1S/C43H64N2O12/c1-51-23-25-53-27-29-55-33-39(46)16-8-4-7-15-38(32-40(47)34-56-30-28-54-26-24-52-2)43(50)44-22-21-42(49)57-45-41(48)31-37-19-17-36(18-20-37)14-10-9-13-35-11-5-3-6-12-35/h3,5-6,11-12,17-20,38H,4,7-10,13-16,21-34H2,1-2H3,(H,44,50)(H,45,48)/t38-/m1/s1. The second-order valence-corrected chi connectivity index (χ2v) is 13.6. The van der Waals surface area contributed by atoms with Crippen LogP contribution in [0.1, 0.15) is 74.5 Å². The number of methoxy groups -OCH3 is 2. The minimum atomic E-state index is -0.712. The molecule has 0 saturated carbocycles. The Morgan fingerprint density at radius 1 is 0.579 bits per heavy atom. The molecule has 14 nitrogen and oxygen atoms in total. The predicted molar refractivity (Wildman–Crippen MR) is 213 cm³/mol. The molecule has 14 heteroatoms. The molecule has 2 amide bonds. The summed E-state index contributed by atoms with van der Waals surface area (Å²) < 4.78 is 31.2. The molecule has 0 aliphatic carbocycles. The maximum Gasteiger partial charge on any atom is 0.334 e. The number of carbonyl (C=O) groups is 5. The van der Waals surface area contributed by atoms with Crippen molar-refractivity contribution >= 4 is 29.4 Å². The van der Waals surface area contributed by atoms with E-state index in [2.05, 4.69) is 35.1 Å². The van der Waals surface area contributed by atoms with Crippen molar-refractivity contribution in [2.24, 2.45) is 5.92 Å². The molecule has 0 aromatic heterocycles. The van der Waals surface area contributed by atoms with E-state index in [0.29, 0.717) is 78.4 Å². The summed E-state index contributed by atoms with van der Waals surface area (Å²) in [6.07, 6.45) is 6.69. The first-order valence-electron chi connectivity index (χ1n) is 20.0. The molecule has 0 bridgehead atoms. The lowest BCUT2D eigenvalue weighted by Crippen LogP contribution is -2.35. The average molecular weight is 801 g/mol. The number of carbonyl (C=O) groups excluding carboxylic acids is 5. The van der Waals surface area contributed by atoms with Crippen LogP contribution in [0.2, 0.25) is 0 Å². The molecule has 2 aromatic rings. The quantitative estimate of drug-likeness (QED) is 0.0748. The van der Waals surface area contributed by atoms with Gasteiger partial charge in [0.05, 0.1) is 65.7 Å². The first-order valence-corrected chi connectivity index (χ1v) is 20.0. The zero-order chi connectivity index (χ0) is 41.2. The van der Waals surface area contributed by atoms with Gasteiger partial charge >= 0.3 is 5.97 Å². The largest absolute Gasteiger partial charge is 0.382 e. The molecule has 0 saturated heterocycles. The number of ether oxygens (including phenoxy) is 6. The summed E-state index contributed by atoms with van der Waals surface area (Å²) in [5.41, 5.74) is 5.51. The molecule has 0 fully saturated rings. The fraction of sp³-hybridized carbons (Fsp3) is 0.605. The van der Waals surface area contributed by atoms with Crippen LogP contribution in [0.5, 0.6) is 0 Å². The summed E-state index contributed by atoms with van der Waals surface area (Å²) in [5, 5.41) is 2.71. The van der Waals surface area contributed by atoms with Gasteiger partial charge < -0.3 is 38.6 Å². The van der Waals surface area contributed by atoms with Crippen LogP contribution in [0.15, 0.2) is 54.6 Å². The van der Waals surface area contributed by atoms with Crippen LogP contribution in [0.4, 0.5) is 0 Å². The van der Waals surface area contributed by atoms with E-state index in [4.69, 9.17) is 33.3 Å². The Bertz CT molecular complexity index is 1390. The van der Waals surface area contributed by atoms with Gasteiger partial charge in [0.2, 0.25) is 5.91 Å². The zero-order valence-electron chi connectivity index (χ0n) is 33.9. The molecule has 1 atom stereocenters. The van der Waals surface area contributed by atoms with Crippen LogP contribution >= 0.6 is 0 Å². The third-order valence-electron chi connectivity index (χ3n) is 8.81. The second kappa shape index (κ2) is 33.0. The van der Waals surface area contributed by atoms with E-state index in [1.54, 1.807) is 14.2 Å². The smallest absolute Gasteiger partial charge is 0.334 e. The maximum atomic E-state index is 13.1. The Balaban J connectivity index is 1.68. The summed E-state index contributed by atoms with van der Waals surface area (Å²) in [6, 6.07) is 18.2. The first kappa shape index (κ1) is 49.1. The molecule has 2 aromatic carbocycles. The monoisotopic (exact) mass is 800 g/mol. The van der Waals surface area contributed by atoms with Gasteiger partial charge in [-0.3, -0.25) is 19.2 Å². The van der Waals surface area contributed by atoms with Crippen molar-refractivity contribution in [1.82, 2.24) is 10.8 Å². The normalized spacial score (nSPS) is 11.5. The highest BCUT2D eigenvalue weighted by Gasteiger charge is 2.22. The average Bonchev–Trinajstić information content (AvgIpc) is 3.21. The van der Waals surface area contributed by atoms with Gasteiger partial charge in [0.25, 0.3) is 5.91 Å². The molecular formula is C43H64N2O12. The fourth-order valence-electron chi connectivity index (χ4n) is 5.66. The highest BCUT2D eigenvalue weighted by molar-refractivity contribution is 5.87. The van der Waals surface area contributed by atoms with Gasteiger partial charge in [0.15, 0.2) is 11.6 Å². The lowest BCUT2D eigenvalue weighted by molar-refractivity contribution is -0.158. The number of amides is 2. The van der Waals surface area contributed by atoms with Crippen molar-refractivity contribution in [3.63, 3.8) is 0 Å². The molecule has 0 heterocycles. The third-order valence-corrected chi connectivity index (χ3v) is 8.81. The van der Waals surface area contributed by atoms with Crippen LogP contribution in [0.25, 0.3) is 0 Å². The lowest BCUT2D eigenvalue weighted by Gasteiger charge is -2.16. The summed E-state index contributed by atoms with van der Waals surface area (Å²) >= 11 is 0. The molecule has 57 heavy (non-hydrogen) atoms. The van der Waals surface area contributed by atoms with E-state index >= 15 is 0 Å². The number of rotatable bonds is 35. The van der Waals surface area contributed by atoms with Crippen molar-refractivity contribution in [2.45, 2.75) is 77.0 Å². The topological polar surface area (TPSA) is 174 Å². The van der Waals surface area contributed by atoms with E-state index in [1.807, 2.05) is 30.3 Å². The van der Waals surface area contributed by atoms with E-state index in [9.17, 15) is 24.0 Å². The maximum absolute atomic E-state index is 13.1. The number of nitrogens with one attached hydrogen (secondary N) is 2. The number of unbranched alkanes of at least 4 members (excludes halogenated alkanes) is 3. The predicted octanol–water partition coefficient (Wildman–Crippen LogP) is 4.33. The van der Waals surface area contributed by atoms with Crippen molar-refractivity contribution in [1.29, 1.82) is 0 Å². The summed E-state index contributed by atoms with van der Waals surface area (Å²) in [4.78, 5) is 67.7. The van der Waals surface area contributed by atoms with Gasteiger partial charge in [0, 0.05) is 39.5 Å².